The van der Waals surface area contributed by atoms with E-state index in [4.69, 9.17) is 11.6 Å². The number of halogens is 1. The fourth-order valence-corrected chi connectivity index (χ4v) is 3.19. The van der Waals surface area contributed by atoms with Crippen LogP contribution in [0, 0.1) is 0 Å². The van der Waals surface area contributed by atoms with E-state index in [9.17, 15) is 0 Å². The van der Waals surface area contributed by atoms with E-state index in [1.54, 1.807) is 0 Å². The maximum absolute atomic E-state index is 6.26. The van der Waals surface area contributed by atoms with Gasteiger partial charge in [0.05, 0.1) is 6.21 Å². The maximum Gasteiger partial charge on any atom is 0.0542 e. The number of hydrogen-bond acceptors (Lipinski definition) is 3. The fraction of sp³-hybridized carbons (Fsp3) is 0.381. The predicted molar refractivity (Wildman–Crippen MR) is 106 cm³/mol. The first-order valence-electron chi connectivity index (χ1n) is 8.96. The molecule has 0 aromatic heterocycles. The summed E-state index contributed by atoms with van der Waals surface area (Å²) in [4.78, 5) is 2.44. The van der Waals surface area contributed by atoms with Crippen LogP contribution in [0.2, 0.25) is 5.02 Å². The molecule has 0 bridgehead atoms. The number of piperazine rings is 1. The van der Waals surface area contributed by atoms with Gasteiger partial charge in [0.2, 0.25) is 0 Å². The molecule has 0 spiro atoms. The average Bonchev–Trinajstić information content (AvgIpc) is 2.63. The lowest BCUT2D eigenvalue weighted by molar-refractivity contribution is 0.131. The number of hydrogen-bond donors (Lipinski definition) is 0. The molecule has 1 fully saturated rings. The highest BCUT2D eigenvalue weighted by Gasteiger charge is 2.16. The molecule has 0 radical (unpaired) electrons. The second-order valence-corrected chi connectivity index (χ2v) is 7.29. The summed E-state index contributed by atoms with van der Waals surface area (Å²) >= 11 is 6.26. The summed E-state index contributed by atoms with van der Waals surface area (Å²) in [6.45, 7) is 9.25. The van der Waals surface area contributed by atoms with Crippen LogP contribution < -0.4 is 0 Å². The summed E-state index contributed by atoms with van der Waals surface area (Å²) in [6.07, 6.45) is 1.97. The van der Waals surface area contributed by atoms with Gasteiger partial charge in [0, 0.05) is 37.7 Å². The van der Waals surface area contributed by atoms with E-state index in [1.807, 2.05) is 24.4 Å². The molecule has 1 saturated heterocycles. The Bertz CT molecular complexity index is 701. The van der Waals surface area contributed by atoms with Crippen molar-refractivity contribution in [2.24, 2.45) is 5.10 Å². The molecule has 0 N–H and O–H groups in total. The highest BCUT2D eigenvalue weighted by atomic mass is 35.5. The summed E-state index contributed by atoms with van der Waals surface area (Å²) in [5.74, 6) is 0.567. The van der Waals surface area contributed by atoms with Gasteiger partial charge in [-0.25, -0.2) is 0 Å². The van der Waals surface area contributed by atoms with Crippen molar-refractivity contribution in [2.45, 2.75) is 26.3 Å². The smallest absolute Gasteiger partial charge is 0.0542 e. The van der Waals surface area contributed by atoms with Gasteiger partial charge in [0.1, 0.15) is 0 Å². The molecular weight excluding hydrogens is 330 g/mol. The van der Waals surface area contributed by atoms with Gasteiger partial charge in [-0.1, -0.05) is 67.9 Å². The van der Waals surface area contributed by atoms with Gasteiger partial charge >= 0.3 is 0 Å². The molecule has 1 aliphatic heterocycles. The molecular formula is C21H26ClN3. The molecule has 2 aromatic rings. The zero-order chi connectivity index (χ0) is 17.6. The second kappa shape index (κ2) is 8.50. The van der Waals surface area contributed by atoms with Gasteiger partial charge < -0.3 is 0 Å². The second-order valence-electron chi connectivity index (χ2n) is 6.89. The quantitative estimate of drug-likeness (QED) is 0.729. The molecule has 0 unspecified atom stereocenters. The summed E-state index contributed by atoms with van der Waals surface area (Å²) in [5, 5.41) is 7.65. The van der Waals surface area contributed by atoms with Crippen LogP contribution in [0.3, 0.4) is 0 Å². The van der Waals surface area contributed by atoms with Gasteiger partial charge in [-0.15, -0.1) is 0 Å². The van der Waals surface area contributed by atoms with Crippen LogP contribution >= 0.6 is 11.6 Å². The van der Waals surface area contributed by atoms with E-state index < -0.39 is 0 Å². The Labute approximate surface area is 155 Å². The van der Waals surface area contributed by atoms with Crippen LogP contribution in [0.5, 0.6) is 0 Å². The van der Waals surface area contributed by atoms with E-state index in [0.717, 1.165) is 43.3 Å². The zero-order valence-electron chi connectivity index (χ0n) is 15.0. The van der Waals surface area contributed by atoms with Crippen molar-refractivity contribution >= 4 is 17.8 Å². The van der Waals surface area contributed by atoms with Crippen LogP contribution in [-0.4, -0.2) is 42.3 Å². The van der Waals surface area contributed by atoms with Crippen molar-refractivity contribution in [1.82, 2.24) is 9.91 Å². The standard InChI is InChI=1S/C21H26ClN3/c1-17(2)19-9-7-18(8-10-19)15-23-25-13-11-24(12-14-25)16-20-5-3-4-6-21(20)22/h3-10,15,17H,11-14,16H2,1-2H3/b23-15-. The number of nitrogens with zero attached hydrogens (tertiary/aromatic N) is 3. The molecule has 3 rings (SSSR count). The van der Waals surface area contributed by atoms with Crippen molar-refractivity contribution in [3.63, 3.8) is 0 Å². The third kappa shape index (κ3) is 5.07. The first-order chi connectivity index (χ1) is 12.1. The van der Waals surface area contributed by atoms with Crippen molar-refractivity contribution in [2.75, 3.05) is 26.2 Å². The first-order valence-corrected chi connectivity index (χ1v) is 9.34. The van der Waals surface area contributed by atoms with Gasteiger partial charge in [0.15, 0.2) is 0 Å². The molecule has 132 valence electrons. The third-order valence-electron chi connectivity index (χ3n) is 4.67. The van der Waals surface area contributed by atoms with Gasteiger partial charge in [-0.05, 0) is 28.7 Å². The van der Waals surface area contributed by atoms with Crippen molar-refractivity contribution in [3.8, 4) is 0 Å². The highest BCUT2D eigenvalue weighted by molar-refractivity contribution is 6.31. The molecule has 0 amide bonds. The van der Waals surface area contributed by atoms with E-state index in [1.165, 1.54) is 11.1 Å². The Morgan fingerprint density at radius 2 is 1.68 bits per heavy atom. The van der Waals surface area contributed by atoms with Crippen LogP contribution in [0.25, 0.3) is 0 Å². The topological polar surface area (TPSA) is 18.8 Å². The van der Waals surface area contributed by atoms with Crippen LogP contribution in [0.1, 0.15) is 36.5 Å². The lowest BCUT2D eigenvalue weighted by Crippen LogP contribution is -2.43. The predicted octanol–water partition coefficient (Wildman–Crippen LogP) is 4.62. The molecule has 1 heterocycles. The molecule has 0 saturated carbocycles. The summed E-state index contributed by atoms with van der Waals surface area (Å²) in [6, 6.07) is 16.8. The number of rotatable bonds is 5. The molecule has 1 aliphatic rings. The van der Waals surface area contributed by atoms with Gasteiger partial charge in [-0.3, -0.25) is 9.91 Å². The molecule has 2 aromatic carbocycles. The maximum atomic E-state index is 6.26. The summed E-state index contributed by atoms with van der Waals surface area (Å²) in [5.41, 5.74) is 3.72. The minimum Gasteiger partial charge on any atom is -0.295 e. The number of benzene rings is 2. The fourth-order valence-electron chi connectivity index (χ4n) is 2.99. The lowest BCUT2D eigenvalue weighted by atomic mass is 10.0. The minimum atomic E-state index is 0.567. The SMILES string of the molecule is CC(C)c1ccc(/C=N\N2CCN(Cc3ccccc3Cl)CC2)cc1. The van der Waals surface area contributed by atoms with Crippen molar-refractivity contribution < 1.29 is 0 Å². The van der Waals surface area contributed by atoms with Crippen molar-refractivity contribution in [3.05, 3.63) is 70.2 Å². The van der Waals surface area contributed by atoms with Crippen LogP contribution in [0.15, 0.2) is 53.6 Å². The normalized spacial score (nSPS) is 16.1. The summed E-state index contributed by atoms with van der Waals surface area (Å²) < 4.78 is 0. The van der Waals surface area contributed by atoms with Crippen LogP contribution in [-0.2, 0) is 6.54 Å². The first kappa shape index (κ1) is 18.0. The Hall–Kier alpha value is -1.84. The molecule has 25 heavy (non-hydrogen) atoms. The Balaban J connectivity index is 1.49. The largest absolute Gasteiger partial charge is 0.295 e. The Morgan fingerprint density at radius 1 is 1.00 bits per heavy atom. The number of hydrazone groups is 1. The van der Waals surface area contributed by atoms with E-state index in [2.05, 4.69) is 59.2 Å². The molecule has 3 nitrogen and oxygen atoms in total. The zero-order valence-corrected chi connectivity index (χ0v) is 15.8. The van der Waals surface area contributed by atoms with Crippen LogP contribution in [0.4, 0.5) is 0 Å². The van der Waals surface area contributed by atoms with E-state index in [0.29, 0.717) is 5.92 Å². The van der Waals surface area contributed by atoms with E-state index in [-0.39, 0.29) is 0 Å². The highest BCUT2D eigenvalue weighted by Crippen LogP contribution is 2.18. The Morgan fingerprint density at radius 3 is 2.32 bits per heavy atom. The van der Waals surface area contributed by atoms with Crippen molar-refractivity contribution in [1.29, 1.82) is 0 Å². The Kier molecular flexibility index (Phi) is 6.11. The monoisotopic (exact) mass is 355 g/mol. The van der Waals surface area contributed by atoms with Gasteiger partial charge in [-0.2, -0.15) is 5.10 Å². The molecule has 4 heteroatoms. The third-order valence-corrected chi connectivity index (χ3v) is 5.04. The molecule has 0 atom stereocenters. The van der Waals surface area contributed by atoms with E-state index >= 15 is 0 Å². The average molecular weight is 356 g/mol. The van der Waals surface area contributed by atoms with Gasteiger partial charge in [0.25, 0.3) is 0 Å². The summed E-state index contributed by atoms with van der Waals surface area (Å²) in [7, 11) is 0. The molecule has 0 aliphatic carbocycles. The lowest BCUT2D eigenvalue weighted by Gasteiger charge is -2.33. The minimum absolute atomic E-state index is 0.567.